The topological polar surface area (TPSA) is 3.24 Å². The minimum atomic E-state index is -1.23. The number of benzene rings is 1. The van der Waals surface area contributed by atoms with Crippen LogP contribution in [0.3, 0.4) is 0 Å². The van der Waals surface area contributed by atoms with Gasteiger partial charge in [-0.2, -0.15) is 0 Å². The van der Waals surface area contributed by atoms with Crippen molar-refractivity contribution in [2.45, 2.75) is 45.7 Å². The summed E-state index contributed by atoms with van der Waals surface area (Å²) in [4.78, 5) is 0. The molecule has 19 heavy (non-hydrogen) atoms. The van der Waals surface area contributed by atoms with Gasteiger partial charge in [0.05, 0.1) is 0 Å². The first-order valence-electron chi connectivity index (χ1n) is 7.14. The summed E-state index contributed by atoms with van der Waals surface area (Å²) in [6, 6.07) is 8.63. The number of hydrogen-bond donors (Lipinski definition) is 0. The van der Waals surface area contributed by atoms with Gasteiger partial charge in [-0.25, -0.2) is 0 Å². The summed E-state index contributed by atoms with van der Waals surface area (Å²) >= 11 is 0. The molecule has 0 bridgehead atoms. The van der Waals surface area contributed by atoms with Gasteiger partial charge in [-0.15, -0.1) is 0 Å². The normalized spacial score (nSPS) is 12.8. The molecule has 0 atom stereocenters. The Bertz CT molecular complexity index is 413. The van der Waals surface area contributed by atoms with Gasteiger partial charge in [0.25, 0.3) is 0 Å². The number of hydrogen-bond acceptors (Lipinski definition) is 1. The summed E-state index contributed by atoms with van der Waals surface area (Å²) in [5, 5.41) is 0. The van der Waals surface area contributed by atoms with Crippen LogP contribution in [0.1, 0.15) is 11.1 Å². The largest absolute Gasteiger partial charge is 0.345 e. The zero-order valence-electron chi connectivity index (χ0n) is 13.5. The lowest BCUT2D eigenvalue weighted by Gasteiger charge is -2.43. The molecule has 0 saturated heterocycles. The molecular formula is C16H29NSi2. The molecule has 0 saturated carbocycles. The van der Waals surface area contributed by atoms with Crippen molar-refractivity contribution in [3.8, 4) is 0 Å². The molecule has 0 aliphatic heterocycles. The van der Waals surface area contributed by atoms with Crippen LogP contribution in [-0.2, 0) is 6.42 Å². The van der Waals surface area contributed by atoms with Crippen LogP contribution in [0.15, 0.2) is 30.8 Å². The molecule has 0 unspecified atom stereocenters. The molecule has 3 heteroatoms. The molecule has 0 aromatic heterocycles. The lowest BCUT2D eigenvalue weighted by molar-refractivity contribution is 0.612. The predicted octanol–water partition coefficient (Wildman–Crippen LogP) is 4.84. The van der Waals surface area contributed by atoms with Crippen LogP contribution in [0.4, 0.5) is 0 Å². The van der Waals surface area contributed by atoms with E-state index in [0.717, 1.165) is 6.42 Å². The fourth-order valence-electron chi connectivity index (χ4n) is 2.87. The maximum absolute atomic E-state index is 3.92. The summed E-state index contributed by atoms with van der Waals surface area (Å²) in [6.45, 7) is 19.9. The molecule has 0 aliphatic carbocycles. The van der Waals surface area contributed by atoms with Gasteiger partial charge in [-0.05, 0) is 24.1 Å². The maximum atomic E-state index is 3.92. The maximum Gasteiger partial charge on any atom is 0.112 e. The SMILES string of the molecule is C=Cc1ccccc1CCN([Si](C)(C)C)[Si](C)(C)C. The molecule has 1 aromatic rings. The second kappa shape index (κ2) is 6.20. The second-order valence-corrected chi connectivity index (χ2v) is 17.4. The Balaban J connectivity index is 2.86. The highest BCUT2D eigenvalue weighted by atomic mass is 28.4. The first-order chi connectivity index (χ1) is 8.66. The smallest absolute Gasteiger partial charge is 0.112 e. The first kappa shape index (κ1) is 16.4. The summed E-state index contributed by atoms with van der Waals surface area (Å²) in [5.41, 5.74) is 2.72. The number of rotatable bonds is 6. The van der Waals surface area contributed by atoms with Crippen LogP contribution in [0, 0.1) is 0 Å². The van der Waals surface area contributed by atoms with Gasteiger partial charge in [-0.3, -0.25) is 0 Å². The summed E-state index contributed by atoms with van der Waals surface area (Å²) in [7, 11) is -2.47. The second-order valence-electron chi connectivity index (χ2n) is 7.15. The van der Waals surface area contributed by atoms with E-state index < -0.39 is 16.5 Å². The molecular weight excluding hydrogens is 262 g/mol. The molecule has 0 aliphatic rings. The van der Waals surface area contributed by atoms with Gasteiger partial charge in [0.1, 0.15) is 16.5 Å². The molecule has 0 radical (unpaired) electrons. The molecule has 1 nitrogen and oxygen atoms in total. The summed E-state index contributed by atoms with van der Waals surface area (Å²) in [6.07, 6.45) is 3.11. The average Bonchev–Trinajstić information content (AvgIpc) is 2.26. The molecule has 0 N–H and O–H groups in total. The quantitative estimate of drug-likeness (QED) is 0.678. The van der Waals surface area contributed by atoms with E-state index in [4.69, 9.17) is 0 Å². The Kier molecular flexibility index (Phi) is 5.36. The van der Waals surface area contributed by atoms with Crippen molar-refractivity contribution in [3.05, 3.63) is 42.0 Å². The van der Waals surface area contributed by atoms with E-state index >= 15 is 0 Å². The van der Waals surface area contributed by atoms with E-state index in [2.05, 4.69) is 74.4 Å². The standard InChI is InChI=1S/C16H29NSi2/c1-8-15-11-9-10-12-16(15)13-14-17(18(2,3)4)19(5,6)7/h8-12H,1,13-14H2,2-7H3. The van der Waals surface area contributed by atoms with Crippen LogP contribution >= 0.6 is 0 Å². The van der Waals surface area contributed by atoms with E-state index in [1.165, 1.54) is 17.7 Å². The van der Waals surface area contributed by atoms with Crippen LogP contribution < -0.4 is 0 Å². The molecule has 0 amide bonds. The molecule has 0 heterocycles. The van der Waals surface area contributed by atoms with Gasteiger partial charge in [0.2, 0.25) is 0 Å². The average molecular weight is 292 g/mol. The van der Waals surface area contributed by atoms with Crippen molar-refractivity contribution in [2.24, 2.45) is 0 Å². The van der Waals surface area contributed by atoms with E-state index in [-0.39, 0.29) is 0 Å². The zero-order valence-corrected chi connectivity index (χ0v) is 15.5. The van der Waals surface area contributed by atoms with E-state index in [1.54, 1.807) is 0 Å². The highest BCUT2D eigenvalue weighted by Crippen LogP contribution is 2.21. The fraction of sp³-hybridized carbons (Fsp3) is 0.500. The Morgan fingerprint density at radius 2 is 1.53 bits per heavy atom. The van der Waals surface area contributed by atoms with Crippen molar-refractivity contribution < 1.29 is 0 Å². The van der Waals surface area contributed by atoms with Crippen molar-refractivity contribution >= 4 is 22.5 Å². The lowest BCUT2D eigenvalue weighted by atomic mass is 10.1. The van der Waals surface area contributed by atoms with Gasteiger partial charge >= 0.3 is 0 Å². The Labute approximate surface area is 121 Å². The number of nitrogens with zero attached hydrogens (tertiary/aromatic N) is 1. The fourth-order valence-corrected chi connectivity index (χ4v) is 12.5. The van der Waals surface area contributed by atoms with Crippen LogP contribution in [0.5, 0.6) is 0 Å². The van der Waals surface area contributed by atoms with E-state index in [9.17, 15) is 0 Å². The third-order valence-corrected chi connectivity index (χ3v) is 11.2. The monoisotopic (exact) mass is 291 g/mol. The van der Waals surface area contributed by atoms with Gasteiger partial charge in [-0.1, -0.05) is 76.2 Å². The van der Waals surface area contributed by atoms with Crippen LogP contribution in [0.25, 0.3) is 6.08 Å². The van der Waals surface area contributed by atoms with Crippen molar-refractivity contribution in [2.75, 3.05) is 6.54 Å². The van der Waals surface area contributed by atoms with Crippen LogP contribution in [0.2, 0.25) is 39.3 Å². The van der Waals surface area contributed by atoms with Crippen molar-refractivity contribution in [3.63, 3.8) is 0 Å². The summed E-state index contributed by atoms with van der Waals surface area (Å²) in [5.74, 6) is 0. The Hall–Kier alpha value is -0.646. The van der Waals surface area contributed by atoms with Gasteiger partial charge in [0.15, 0.2) is 0 Å². The molecule has 1 rings (SSSR count). The first-order valence-corrected chi connectivity index (χ1v) is 14.0. The van der Waals surface area contributed by atoms with Gasteiger partial charge < -0.3 is 4.23 Å². The minimum Gasteiger partial charge on any atom is -0.345 e. The van der Waals surface area contributed by atoms with Crippen LogP contribution in [-0.4, -0.2) is 27.2 Å². The third kappa shape index (κ3) is 4.75. The molecule has 1 aromatic carbocycles. The van der Waals surface area contributed by atoms with E-state index in [1.807, 2.05) is 6.08 Å². The van der Waals surface area contributed by atoms with Crippen molar-refractivity contribution in [1.29, 1.82) is 0 Å². The van der Waals surface area contributed by atoms with Crippen molar-refractivity contribution in [1.82, 2.24) is 4.23 Å². The highest BCUT2D eigenvalue weighted by molar-refractivity contribution is 6.89. The Morgan fingerprint density at radius 1 is 1.00 bits per heavy atom. The zero-order chi connectivity index (χ0) is 14.7. The highest BCUT2D eigenvalue weighted by Gasteiger charge is 2.33. The molecule has 0 fully saturated rings. The Morgan fingerprint density at radius 3 is 2.00 bits per heavy atom. The predicted molar refractivity (Wildman–Crippen MR) is 93.6 cm³/mol. The van der Waals surface area contributed by atoms with Gasteiger partial charge in [0, 0.05) is 0 Å². The third-order valence-electron chi connectivity index (χ3n) is 3.50. The lowest BCUT2D eigenvalue weighted by Crippen LogP contribution is -2.59. The molecule has 106 valence electrons. The minimum absolute atomic E-state index is 1.14. The molecule has 0 spiro atoms. The summed E-state index contributed by atoms with van der Waals surface area (Å²) < 4.78 is 2.85. The van der Waals surface area contributed by atoms with E-state index in [0.29, 0.717) is 0 Å².